The molecule has 0 spiro atoms. The van der Waals surface area contributed by atoms with Crippen molar-refractivity contribution in [3.05, 3.63) is 28.4 Å². The minimum Gasteiger partial charge on any atom is -0.477 e. The number of allylic oxidation sites excluding steroid dienone is 2. The van der Waals surface area contributed by atoms with E-state index >= 15 is 0 Å². The fourth-order valence-electron chi connectivity index (χ4n) is 3.69. The fourth-order valence-corrected chi connectivity index (χ4v) is 5.76. The normalized spacial score (nSPS) is 21.6. The first-order valence-electron chi connectivity index (χ1n) is 11.1. The van der Waals surface area contributed by atoms with E-state index in [-0.39, 0.29) is 22.0 Å². The SMILES string of the molecule is CC/C=C(\C(=O)[C@@H]1C(=O)N2C(C(=O)O)=C(COC(N)=O)C(N)S[C@H]12)c1csc(NC(=O)OC(C)(C)C)n1. The number of aliphatic carboxylic acids is 1. The van der Waals surface area contributed by atoms with Gasteiger partial charge in [0.25, 0.3) is 0 Å². The Morgan fingerprint density at radius 1 is 1.30 bits per heavy atom. The maximum absolute atomic E-state index is 13.5. The molecule has 13 nitrogen and oxygen atoms in total. The number of β-lactam (4-membered cyclic amide) rings is 1. The molecule has 1 saturated heterocycles. The van der Waals surface area contributed by atoms with E-state index in [0.29, 0.717) is 6.42 Å². The van der Waals surface area contributed by atoms with Crippen LogP contribution in [0.2, 0.25) is 0 Å². The Bertz CT molecular complexity index is 1200. The molecular weight excluding hydrogens is 526 g/mol. The van der Waals surface area contributed by atoms with Crippen LogP contribution in [0.3, 0.4) is 0 Å². The quantitative estimate of drug-likeness (QED) is 0.208. The number of aromatic nitrogens is 1. The van der Waals surface area contributed by atoms with Crippen LogP contribution >= 0.6 is 23.1 Å². The number of ether oxygens (including phenoxy) is 2. The number of ketones is 1. The highest BCUT2D eigenvalue weighted by atomic mass is 32.2. The molecule has 2 aliphatic heterocycles. The molecule has 1 aromatic rings. The maximum atomic E-state index is 13.5. The second-order valence-corrected chi connectivity index (χ2v) is 11.1. The zero-order valence-electron chi connectivity index (χ0n) is 20.5. The number of rotatable bonds is 8. The maximum Gasteiger partial charge on any atom is 0.413 e. The van der Waals surface area contributed by atoms with Gasteiger partial charge in [-0.2, -0.15) is 0 Å². The number of nitrogens with one attached hydrogen (secondary N) is 1. The van der Waals surface area contributed by atoms with Crippen molar-refractivity contribution in [3.8, 4) is 0 Å². The van der Waals surface area contributed by atoms with Crippen molar-refractivity contribution in [3.63, 3.8) is 0 Å². The molecule has 3 rings (SSSR count). The van der Waals surface area contributed by atoms with Crippen molar-refractivity contribution in [1.29, 1.82) is 0 Å². The number of Topliss-reactive ketones (excluding diaryl/α,β-unsaturated/α-hetero) is 1. The summed E-state index contributed by atoms with van der Waals surface area (Å²) in [5.41, 5.74) is 10.3. The highest BCUT2D eigenvalue weighted by molar-refractivity contribution is 8.00. The lowest BCUT2D eigenvalue weighted by molar-refractivity contribution is -0.155. The summed E-state index contributed by atoms with van der Waals surface area (Å²) in [6, 6.07) is 0. The van der Waals surface area contributed by atoms with Crippen molar-refractivity contribution in [2.45, 2.75) is 50.5 Å². The van der Waals surface area contributed by atoms with Crippen molar-refractivity contribution >= 4 is 63.6 Å². The van der Waals surface area contributed by atoms with Crippen LogP contribution in [0.1, 0.15) is 39.8 Å². The van der Waals surface area contributed by atoms with E-state index in [9.17, 15) is 29.1 Å². The van der Waals surface area contributed by atoms with E-state index in [1.807, 2.05) is 0 Å². The van der Waals surface area contributed by atoms with E-state index in [4.69, 9.17) is 20.9 Å². The van der Waals surface area contributed by atoms with Gasteiger partial charge >= 0.3 is 18.2 Å². The molecule has 200 valence electrons. The Labute approximate surface area is 220 Å². The topological polar surface area (TPSA) is 204 Å². The number of nitrogens with two attached hydrogens (primary N) is 2. The molecule has 3 atom stereocenters. The third-order valence-corrected chi connectivity index (χ3v) is 7.23. The standard InChI is InChI=1S/C22H27N5O8S2/c1-5-6-9(11-8-36-20(25-11)26-21(33)35-22(2,3)4)14(28)12-16(29)27-13(18(30)31)10(7-34-19(24)32)15(23)37-17(12)27/h6,8,12,15,17H,5,7,23H2,1-4H3,(H2,24,32)(H,30,31)(H,25,26,33)/b9-6-/t12-,15?,17-/m1/s1. The first-order chi connectivity index (χ1) is 17.2. The summed E-state index contributed by atoms with van der Waals surface area (Å²) < 4.78 is 9.90. The number of anilines is 1. The molecule has 37 heavy (non-hydrogen) atoms. The predicted octanol–water partition coefficient (Wildman–Crippen LogP) is 2.10. The Morgan fingerprint density at radius 2 is 1.97 bits per heavy atom. The van der Waals surface area contributed by atoms with Gasteiger partial charge in [0.2, 0.25) is 5.91 Å². The Kier molecular flexibility index (Phi) is 8.29. The monoisotopic (exact) mass is 553 g/mol. The number of carboxylic acids is 1. The van der Waals surface area contributed by atoms with Crippen molar-refractivity contribution < 1.29 is 38.6 Å². The van der Waals surface area contributed by atoms with Gasteiger partial charge in [-0.1, -0.05) is 13.0 Å². The summed E-state index contributed by atoms with van der Waals surface area (Å²) in [6.07, 6.45) is 0.224. The molecule has 1 fully saturated rings. The highest BCUT2D eigenvalue weighted by Gasteiger charge is 2.58. The predicted molar refractivity (Wildman–Crippen MR) is 135 cm³/mol. The van der Waals surface area contributed by atoms with E-state index in [2.05, 4.69) is 10.3 Å². The van der Waals surface area contributed by atoms with Crippen LogP contribution in [0.15, 0.2) is 22.7 Å². The molecule has 6 N–H and O–H groups in total. The summed E-state index contributed by atoms with van der Waals surface area (Å²) >= 11 is 2.07. The van der Waals surface area contributed by atoms with Gasteiger partial charge in [0.15, 0.2) is 10.9 Å². The van der Waals surface area contributed by atoms with Gasteiger partial charge < -0.3 is 26.0 Å². The van der Waals surface area contributed by atoms with Crippen LogP contribution in [0.25, 0.3) is 5.57 Å². The Morgan fingerprint density at radius 3 is 2.54 bits per heavy atom. The van der Waals surface area contributed by atoms with Gasteiger partial charge in [0.05, 0.1) is 11.1 Å². The molecule has 3 amide bonds. The molecule has 3 heterocycles. The van der Waals surface area contributed by atoms with Gasteiger partial charge in [0, 0.05) is 16.5 Å². The van der Waals surface area contributed by atoms with Crippen LogP contribution in [-0.2, 0) is 23.9 Å². The number of carbonyl (C=O) groups is 5. The summed E-state index contributed by atoms with van der Waals surface area (Å²) in [6.45, 7) is 6.44. The molecule has 0 aliphatic carbocycles. The summed E-state index contributed by atoms with van der Waals surface area (Å²) in [5.74, 6) is -3.94. The van der Waals surface area contributed by atoms with Crippen molar-refractivity contribution in [2.75, 3.05) is 11.9 Å². The second kappa shape index (κ2) is 10.9. The Balaban J connectivity index is 1.84. The molecule has 2 aliphatic rings. The fraction of sp³-hybridized carbons (Fsp3) is 0.455. The van der Waals surface area contributed by atoms with Gasteiger partial charge in [0.1, 0.15) is 29.2 Å². The summed E-state index contributed by atoms with van der Waals surface area (Å²) in [7, 11) is 0. The van der Waals surface area contributed by atoms with E-state index in [1.165, 1.54) is 0 Å². The lowest BCUT2D eigenvalue weighted by Crippen LogP contribution is -2.65. The van der Waals surface area contributed by atoms with Crippen LogP contribution in [0.4, 0.5) is 14.7 Å². The van der Waals surface area contributed by atoms with E-state index in [0.717, 1.165) is 28.0 Å². The van der Waals surface area contributed by atoms with Crippen LogP contribution in [0.5, 0.6) is 0 Å². The van der Waals surface area contributed by atoms with Gasteiger partial charge in [-0.25, -0.2) is 19.4 Å². The summed E-state index contributed by atoms with van der Waals surface area (Å²) in [4.78, 5) is 66.9. The molecule has 1 unspecified atom stereocenters. The zero-order chi connectivity index (χ0) is 27.7. The number of primary amides is 1. The lowest BCUT2D eigenvalue weighted by Gasteiger charge is -2.50. The molecule has 1 aromatic heterocycles. The smallest absolute Gasteiger partial charge is 0.413 e. The highest BCUT2D eigenvalue weighted by Crippen LogP contribution is 2.47. The largest absolute Gasteiger partial charge is 0.477 e. The van der Waals surface area contributed by atoms with Crippen LogP contribution < -0.4 is 16.8 Å². The third kappa shape index (κ3) is 6.11. The molecule has 15 heteroatoms. The van der Waals surface area contributed by atoms with E-state index < -0.39 is 64.4 Å². The first-order valence-corrected chi connectivity index (χ1v) is 12.9. The number of thioether (sulfide) groups is 1. The number of hydrogen-bond acceptors (Lipinski definition) is 11. The number of fused-ring (bicyclic) bond motifs is 1. The minimum absolute atomic E-state index is 0.00603. The van der Waals surface area contributed by atoms with Crippen molar-refractivity contribution in [1.82, 2.24) is 9.88 Å². The van der Waals surface area contributed by atoms with Gasteiger partial charge in [-0.05, 0) is 27.2 Å². The third-order valence-electron chi connectivity index (χ3n) is 5.13. The van der Waals surface area contributed by atoms with Gasteiger partial charge in [-0.3, -0.25) is 19.8 Å². The molecular formula is C22H27N5O8S2. The number of carboxylic acid groups (broad SMARTS) is 1. The van der Waals surface area contributed by atoms with Crippen LogP contribution in [-0.4, -0.2) is 67.8 Å². The number of hydrogen-bond donors (Lipinski definition) is 4. The average molecular weight is 554 g/mol. The van der Waals surface area contributed by atoms with E-state index in [1.54, 1.807) is 39.2 Å². The second-order valence-electron chi connectivity index (χ2n) is 8.97. The zero-order valence-corrected chi connectivity index (χ0v) is 22.1. The number of thiazole rings is 1. The number of carbonyl (C=O) groups excluding carboxylic acids is 4. The molecule has 0 saturated carbocycles. The van der Waals surface area contributed by atoms with Gasteiger partial charge in [-0.15, -0.1) is 23.1 Å². The van der Waals surface area contributed by atoms with Crippen molar-refractivity contribution in [2.24, 2.45) is 17.4 Å². The Hall–Kier alpha value is -3.43. The first kappa shape index (κ1) is 28.1. The molecule has 0 radical (unpaired) electrons. The molecule has 0 bridgehead atoms. The minimum atomic E-state index is -1.45. The molecule has 0 aromatic carbocycles. The summed E-state index contributed by atoms with van der Waals surface area (Å²) in [5, 5.41) is 12.2. The lowest BCUT2D eigenvalue weighted by atomic mass is 9.86. The van der Waals surface area contributed by atoms with Crippen LogP contribution in [0, 0.1) is 5.92 Å². The number of amides is 3. The average Bonchev–Trinajstić information content (AvgIpc) is 3.22. The number of nitrogens with zero attached hydrogens (tertiary/aromatic N) is 2.